The summed E-state index contributed by atoms with van der Waals surface area (Å²) in [7, 11) is 0. The van der Waals surface area contributed by atoms with Gasteiger partial charge in [0, 0.05) is 3.57 Å². The summed E-state index contributed by atoms with van der Waals surface area (Å²) in [6.07, 6.45) is -4.54. The number of urea groups is 1. The molecular weight excluding hydrogens is 388 g/mol. The van der Waals surface area contributed by atoms with E-state index in [1.165, 1.54) is 26.0 Å². The topological polar surface area (TPSA) is 49.4 Å². The van der Waals surface area contributed by atoms with E-state index in [2.05, 4.69) is 5.32 Å². The largest absolute Gasteiger partial charge is 0.417 e. The summed E-state index contributed by atoms with van der Waals surface area (Å²) in [4.78, 5) is 24.5. The molecular formula is C12H10F3IN2O2. The highest BCUT2D eigenvalue weighted by molar-refractivity contribution is 14.1. The predicted octanol–water partition coefficient (Wildman–Crippen LogP) is 3.14. The van der Waals surface area contributed by atoms with Crippen LogP contribution in [-0.2, 0) is 11.0 Å². The number of benzene rings is 1. The normalized spacial score (nSPS) is 18.4. The zero-order valence-electron chi connectivity index (χ0n) is 10.5. The van der Waals surface area contributed by atoms with Gasteiger partial charge in [0.15, 0.2) is 0 Å². The molecule has 0 aromatic heterocycles. The Morgan fingerprint density at radius 2 is 1.85 bits per heavy atom. The molecule has 0 unspecified atom stereocenters. The lowest BCUT2D eigenvalue weighted by molar-refractivity contribution is -0.138. The molecule has 1 aromatic rings. The highest BCUT2D eigenvalue weighted by Crippen LogP contribution is 2.36. The number of imide groups is 1. The van der Waals surface area contributed by atoms with Gasteiger partial charge in [0.25, 0.3) is 5.91 Å². The zero-order chi connectivity index (χ0) is 15.3. The van der Waals surface area contributed by atoms with Gasteiger partial charge in [0.05, 0.1) is 11.3 Å². The van der Waals surface area contributed by atoms with Crippen molar-refractivity contribution in [1.82, 2.24) is 5.32 Å². The lowest BCUT2D eigenvalue weighted by Gasteiger charge is -2.18. The first-order valence-corrected chi connectivity index (χ1v) is 6.65. The van der Waals surface area contributed by atoms with Gasteiger partial charge in [-0.2, -0.15) is 13.2 Å². The molecule has 1 saturated heterocycles. The Bertz CT molecular complexity index is 599. The van der Waals surface area contributed by atoms with Crippen LogP contribution in [0, 0.1) is 3.57 Å². The van der Waals surface area contributed by atoms with Crippen LogP contribution in [0.15, 0.2) is 18.2 Å². The van der Waals surface area contributed by atoms with Gasteiger partial charge in [0.2, 0.25) is 0 Å². The Labute approximate surface area is 126 Å². The fourth-order valence-corrected chi connectivity index (χ4v) is 2.49. The van der Waals surface area contributed by atoms with Gasteiger partial charge >= 0.3 is 12.2 Å². The predicted molar refractivity (Wildman–Crippen MR) is 74.3 cm³/mol. The van der Waals surface area contributed by atoms with E-state index in [4.69, 9.17) is 0 Å². The number of halogens is 4. The van der Waals surface area contributed by atoms with Crippen LogP contribution in [0.4, 0.5) is 23.7 Å². The van der Waals surface area contributed by atoms with Crippen LogP contribution >= 0.6 is 22.6 Å². The average Bonchev–Trinajstić information content (AvgIpc) is 2.48. The van der Waals surface area contributed by atoms with Gasteiger partial charge in [-0.25, -0.2) is 9.69 Å². The first kappa shape index (κ1) is 15.1. The number of hydrogen-bond acceptors (Lipinski definition) is 2. The summed E-state index contributed by atoms with van der Waals surface area (Å²) in [5.74, 6) is -0.586. The van der Waals surface area contributed by atoms with Crippen LogP contribution in [0.25, 0.3) is 0 Å². The van der Waals surface area contributed by atoms with Crippen LogP contribution in [0.5, 0.6) is 0 Å². The maximum absolute atomic E-state index is 12.9. The average molecular weight is 398 g/mol. The number of hydrogen-bond donors (Lipinski definition) is 1. The van der Waals surface area contributed by atoms with Gasteiger partial charge in [0.1, 0.15) is 5.54 Å². The third kappa shape index (κ3) is 2.48. The van der Waals surface area contributed by atoms with Gasteiger partial charge in [-0.3, -0.25) is 4.79 Å². The van der Waals surface area contributed by atoms with Crippen LogP contribution in [0.2, 0.25) is 0 Å². The summed E-state index contributed by atoms with van der Waals surface area (Å²) >= 11 is 1.56. The Morgan fingerprint density at radius 3 is 2.30 bits per heavy atom. The fraction of sp³-hybridized carbons (Fsp3) is 0.333. The Balaban J connectivity index is 2.50. The maximum Gasteiger partial charge on any atom is 0.417 e. The molecule has 0 radical (unpaired) electrons. The number of carbonyl (C=O) groups excluding carboxylic acids is 2. The molecule has 0 bridgehead atoms. The molecule has 2 rings (SSSR count). The summed E-state index contributed by atoms with van der Waals surface area (Å²) in [5, 5.41) is 2.42. The molecule has 1 N–H and O–H groups in total. The SMILES string of the molecule is CC1(C)NC(=O)N(c2ccc(I)c(C(F)(F)F)c2)C1=O. The molecule has 1 fully saturated rings. The van der Waals surface area contributed by atoms with Crippen molar-refractivity contribution < 1.29 is 22.8 Å². The third-order valence-electron chi connectivity index (χ3n) is 2.87. The molecule has 108 valence electrons. The van der Waals surface area contributed by atoms with Gasteiger partial charge < -0.3 is 5.32 Å². The lowest BCUT2D eigenvalue weighted by Crippen LogP contribution is -2.40. The molecule has 3 amide bonds. The van der Waals surface area contributed by atoms with Crippen molar-refractivity contribution in [3.63, 3.8) is 0 Å². The van der Waals surface area contributed by atoms with Crippen LogP contribution in [0.1, 0.15) is 19.4 Å². The molecule has 1 aliphatic rings. The second-order valence-corrected chi connectivity index (χ2v) is 6.02. The first-order valence-electron chi connectivity index (χ1n) is 5.57. The van der Waals surface area contributed by atoms with Gasteiger partial charge in [-0.15, -0.1) is 0 Å². The molecule has 0 spiro atoms. The summed E-state index contributed by atoms with van der Waals surface area (Å²) in [6, 6.07) is 2.62. The second kappa shape index (κ2) is 4.61. The van der Waals surface area contributed by atoms with E-state index in [1.807, 2.05) is 0 Å². The third-order valence-corrected chi connectivity index (χ3v) is 3.81. The standard InChI is InChI=1S/C12H10F3IN2O2/c1-11(2)9(19)18(10(20)17-11)6-3-4-8(16)7(5-6)12(13,14)15/h3-5H,1-2H3,(H,17,20). The van der Waals surface area contributed by atoms with E-state index in [-0.39, 0.29) is 9.26 Å². The Hall–Kier alpha value is -1.32. The van der Waals surface area contributed by atoms with Crippen molar-refractivity contribution in [1.29, 1.82) is 0 Å². The Kier molecular flexibility index (Phi) is 3.47. The summed E-state index contributed by atoms with van der Waals surface area (Å²) < 4.78 is 38.6. The van der Waals surface area contributed by atoms with Crippen LogP contribution < -0.4 is 10.2 Å². The van der Waals surface area contributed by atoms with Crippen molar-refractivity contribution in [3.05, 3.63) is 27.3 Å². The van der Waals surface area contributed by atoms with E-state index in [0.29, 0.717) is 0 Å². The summed E-state index contributed by atoms with van der Waals surface area (Å²) in [6.45, 7) is 2.98. The molecule has 0 saturated carbocycles. The van der Waals surface area contributed by atoms with E-state index in [1.54, 1.807) is 22.6 Å². The highest BCUT2D eigenvalue weighted by atomic mass is 127. The molecule has 1 aliphatic heterocycles. The highest BCUT2D eigenvalue weighted by Gasteiger charge is 2.45. The first-order chi connectivity index (χ1) is 9.04. The molecule has 0 aliphatic carbocycles. The quantitative estimate of drug-likeness (QED) is 0.584. The van der Waals surface area contributed by atoms with Gasteiger partial charge in [-0.05, 0) is 54.6 Å². The van der Waals surface area contributed by atoms with Crippen molar-refractivity contribution in [2.75, 3.05) is 4.90 Å². The van der Waals surface area contributed by atoms with Crippen molar-refractivity contribution in [2.45, 2.75) is 25.6 Å². The summed E-state index contributed by atoms with van der Waals surface area (Å²) in [5.41, 5.74) is -2.09. The van der Waals surface area contributed by atoms with Gasteiger partial charge in [-0.1, -0.05) is 0 Å². The van der Waals surface area contributed by atoms with Crippen molar-refractivity contribution in [2.24, 2.45) is 0 Å². The van der Waals surface area contributed by atoms with Crippen LogP contribution in [-0.4, -0.2) is 17.5 Å². The minimum absolute atomic E-state index is 0.00478. The number of nitrogens with zero attached hydrogens (tertiary/aromatic N) is 1. The smallest absolute Gasteiger partial charge is 0.323 e. The van der Waals surface area contributed by atoms with E-state index >= 15 is 0 Å². The van der Waals surface area contributed by atoms with Crippen LogP contribution in [0.3, 0.4) is 0 Å². The number of carbonyl (C=O) groups is 2. The molecule has 1 aromatic carbocycles. The Morgan fingerprint density at radius 1 is 1.25 bits per heavy atom. The zero-order valence-corrected chi connectivity index (χ0v) is 12.7. The molecule has 1 heterocycles. The molecule has 0 atom stereocenters. The van der Waals surface area contributed by atoms with Crippen molar-refractivity contribution >= 4 is 40.2 Å². The fourth-order valence-electron chi connectivity index (χ4n) is 1.85. The second-order valence-electron chi connectivity index (χ2n) is 4.86. The number of amides is 3. The molecule has 20 heavy (non-hydrogen) atoms. The van der Waals surface area contributed by atoms with E-state index in [9.17, 15) is 22.8 Å². The van der Waals surface area contributed by atoms with E-state index < -0.39 is 29.2 Å². The number of rotatable bonds is 1. The maximum atomic E-state index is 12.9. The molecule has 4 nitrogen and oxygen atoms in total. The minimum Gasteiger partial charge on any atom is -0.323 e. The minimum atomic E-state index is -4.54. The van der Waals surface area contributed by atoms with E-state index in [0.717, 1.165) is 11.0 Å². The number of anilines is 1. The number of alkyl halides is 3. The number of nitrogens with one attached hydrogen (secondary N) is 1. The molecule has 8 heteroatoms. The lowest BCUT2D eigenvalue weighted by atomic mass is 10.1. The monoisotopic (exact) mass is 398 g/mol. The van der Waals surface area contributed by atoms with Crippen molar-refractivity contribution in [3.8, 4) is 0 Å².